The monoisotopic (exact) mass is 407 g/mol. The molecule has 4 aromatic rings. The largest absolute Gasteiger partial charge is 0.496 e. The van der Waals surface area contributed by atoms with E-state index in [1.165, 1.54) is 15.8 Å². The molecule has 2 heterocycles. The van der Waals surface area contributed by atoms with Gasteiger partial charge < -0.3 is 10.5 Å². The number of nitrogen functional groups attached to an aromatic ring is 1. The molecule has 7 heteroatoms. The average Bonchev–Trinajstić information content (AvgIpc) is 3.03. The van der Waals surface area contributed by atoms with Gasteiger partial charge in [-0.25, -0.2) is 19.0 Å². The number of halogens is 1. The zero-order valence-corrected chi connectivity index (χ0v) is 17.3. The summed E-state index contributed by atoms with van der Waals surface area (Å²) in [4.78, 5) is 13.8. The molecule has 0 aliphatic rings. The third-order valence-corrected chi connectivity index (χ3v) is 5.01. The van der Waals surface area contributed by atoms with Crippen LogP contribution in [0.25, 0.3) is 33.8 Å². The number of fused-ring (bicyclic) bond motifs is 1. The lowest BCUT2D eigenvalue weighted by molar-refractivity contribution is 0.416. The molecule has 0 unspecified atom stereocenters. The number of nitrogens with two attached hydrogens (primary N) is 1. The molecule has 0 aliphatic carbocycles. The fourth-order valence-corrected chi connectivity index (χ4v) is 3.70. The van der Waals surface area contributed by atoms with Gasteiger partial charge in [-0.05, 0) is 42.2 Å². The molecule has 2 aromatic heterocycles. The van der Waals surface area contributed by atoms with Gasteiger partial charge in [0.2, 0.25) is 0 Å². The molecule has 0 saturated heterocycles. The minimum atomic E-state index is 0.311. The Morgan fingerprint density at radius 3 is 2.66 bits per heavy atom. The SMILES string of the molecule is COc1ccccc1-c1nc(N)cnc1-c1nc2cc(CC(C)C)ccc2n1Cl. The van der Waals surface area contributed by atoms with E-state index in [-0.39, 0.29) is 0 Å². The number of ether oxygens (including phenoxy) is 1. The molecule has 148 valence electrons. The summed E-state index contributed by atoms with van der Waals surface area (Å²) in [5.74, 6) is 2.05. The molecule has 6 nitrogen and oxygen atoms in total. The highest BCUT2D eigenvalue weighted by molar-refractivity contribution is 6.20. The molecule has 0 radical (unpaired) electrons. The number of para-hydroxylation sites is 1. The van der Waals surface area contributed by atoms with Gasteiger partial charge in [0, 0.05) is 17.3 Å². The Morgan fingerprint density at radius 1 is 1.10 bits per heavy atom. The van der Waals surface area contributed by atoms with Crippen molar-refractivity contribution < 1.29 is 4.74 Å². The maximum atomic E-state index is 6.65. The van der Waals surface area contributed by atoms with Crippen molar-refractivity contribution in [1.82, 2.24) is 19.0 Å². The van der Waals surface area contributed by atoms with Crippen LogP contribution < -0.4 is 10.5 Å². The van der Waals surface area contributed by atoms with Gasteiger partial charge in [-0.3, -0.25) is 0 Å². The van der Waals surface area contributed by atoms with Gasteiger partial charge in [-0.1, -0.05) is 32.0 Å². The van der Waals surface area contributed by atoms with E-state index < -0.39 is 0 Å². The normalized spacial score (nSPS) is 11.3. The fraction of sp³-hybridized carbons (Fsp3) is 0.227. The summed E-state index contributed by atoms with van der Waals surface area (Å²) >= 11 is 6.65. The molecule has 0 saturated carbocycles. The molecule has 0 amide bonds. The number of hydrogen-bond donors (Lipinski definition) is 1. The topological polar surface area (TPSA) is 78.8 Å². The number of aromatic nitrogens is 4. The summed E-state index contributed by atoms with van der Waals surface area (Å²) in [5.41, 5.74) is 10.7. The second-order valence-corrected chi connectivity index (χ2v) is 7.67. The summed E-state index contributed by atoms with van der Waals surface area (Å²) in [7, 11) is 1.62. The summed E-state index contributed by atoms with van der Waals surface area (Å²) in [6, 6.07) is 13.7. The highest BCUT2D eigenvalue weighted by Crippen LogP contribution is 2.36. The predicted molar refractivity (Wildman–Crippen MR) is 117 cm³/mol. The number of benzene rings is 2. The molecule has 2 N–H and O–H groups in total. The van der Waals surface area contributed by atoms with E-state index >= 15 is 0 Å². The van der Waals surface area contributed by atoms with Gasteiger partial charge >= 0.3 is 0 Å². The molecule has 0 bridgehead atoms. The zero-order chi connectivity index (χ0) is 20.5. The highest BCUT2D eigenvalue weighted by atomic mass is 35.5. The van der Waals surface area contributed by atoms with Gasteiger partial charge in [0.15, 0.2) is 5.82 Å². The zero-order valence-electron chi connectivity index (χ0n) is 16.6. The van der Waals surface area contributed by atoms with Crippen LogP contribution in [0.15, 0.2) is 48.7 Å². The van der Waals surface area contributed by atoms with Crippen LogP contribution in [0.5, 0.6) is 5.75 Å². The number of hydrogen-bond acceptors (Lipinski definition) is 5. The first-order valence-corrected chi connectivity index (χ1v) is 9.75. The molecule has 0 aliphatic heterocycles. The minimum absolute atomic E-state index is 0.311. The van der Waals surface area contributed by atoms with E-state index in [9.17, 15) is 0 Å². The third-order valence-electron chi connectivity index (χ3n) is 4.67. The first-order chi connectivity index (χ1) is 14.0. The Bertz CT molecular complexity index is 1190. The summed E-state index contributed by atoms with van der Waals surface area (Å²) in [5, 5.41) is 0. The van der Waals surface area contributed by atoms with E-state index in [4.69, 9.17) is 27.2 Å². The molecule has 0 atom stereocenters. The van der Waals surface area contributed by atoms with Crippen LogP contribution in [0.4, 0.5) is 5.82 Å². The smallest absolute Gasteiger partial charge is 0.176 e. The lowest BCUT2D eigenvalue weighted by Crippen LogP contribution is -2.01. The van der Waals surface area contributed by atoms with Crippen molar-refractivity contribution in [1.29, 1.82) is 0 Å². The Balaban J connectivity index is 1.91. The average molecular weight is 408 g/mol. The second-order valence-electron chi connectivity index (χ2n) is 7.33. The van der Waals surface area contributed by atoms with Crippen molar-refractivity contribution in [2.45, 2.75) is 20.3 Å². The van der Waals surface area contributed by atoms with Crippen molar-refractivity contribution in [2.75, 3.05) is 12.8 Å². The van der Waals surface area contributed by atoms with Gasteiger partial charge in [-0.15, -0.1) is 0 Å². The van der Waals surface area contributed by atoms with Crippen molar-refractivity contribution in [3.8, 4) is 28.5 Å². The Kier molecular flexibility index (Phi) is 5.11. The summed E-state index contributed by atoms with van der Waals surface area (Å²) in [6.45, 7) is 4.39. The highest BCUT2D eigenvalue weighted by Gasteiger charge is 2.21. The number of imidazole rings is 1. The molecule has 0 spiro atoms. The van der Waals surface area contributed by atoms with Crippen molar-refractivity contribution in [2.24, 2.45) is 5.92 Å². The Hall–Kier alpha value is -3.12. The van der Waals surface area contributed by atoms with Crippen LogP contribution in [0.3, 0.4) is 0 Å². The van der Waals surface area contributed by atoms with E-state index in [0.29, 0.717) is 34.7 Å². The van der Waals surface area contributed by atoms with Crippen molar-refractivity contribution >= 4 is 28.6 Å². The molecule has 0 fully saturated rings. The van der Waals surface area contributed by atoms with Crippen LogP contribution in [0.2, 0.25) is 0 Å². The number of methoxy groups -OCH3 is 1. The number of rotatable bonds is 5. The van der Waals surface area contributed by atoms with Gasteiger partial charge in [0.1, 0.15) is 23.0 Å². The standard InChI is InChI=1S/C22H22ClN5O/c1-13(2)10-14-8-9-17-16(11-14)26-22(28(17)23)21-20(27-19(24)12-25-21)15-6-4-5-7-18(15)29-3/h4-9,11-13H,10H2,1-3H3,(H2,24,27). The van der Waals surface area contributed by atoms with Crippen molar-refractivity contribution in [3.05, 3.63) is 54.2 Å². The van der Waals surface area contributed by atoms with Crippen LogP contribution in [-0.4, -0.2) is 26.1 Å². The Labute approximate surface area is 174 Å². The first kappa shape index (κ1) is 19.2. The minimum Gasteiger partial charge on any atom is -0.496 e. The molecule has 29 heavy (non-hydrogen) atoms. The second kappa shape index (κ2) is 7.72. The summed E-state index contributed by atoms with van der Waals surface area (Å²) in [6.07, 6.45) is 2.49. The molecular weight excluding hydrogens is 386 g/mol. The lowest BCUT2D eigenvalue weighted by Gasteiger charge is -2.11. The van der Waals surface area contributed by atoms with E-state index in [1.54, 1.807) is 7.11 Å². The van der Waals surface area contributed by atoms with Crippen LogP contribution in [-0.2, 0) is 6.42 Å². The van der Waals surface area contributed by atoms with Crippen LogP contribution in [0, 0.1) is 5.92 Å². The predicted octanol–water partition coefficient (Wildman–Crippen LogP) is 4.95. The Morgan fingerprint density at radius 2 is 1.90 bits per heavy atom. The van der Waals surface area contributed by atoms with E-state index in [2.05, 4.69) is 35.9 Å². The number of nitrogens with zero attached hydrogens (tertiary/aromatic N) is 4. The first-order valence-electron chi connectivity index (χ1n) is 9.41. The van der Waals surface area contributed by atoms with Gasteiger partial charge in [0.25, 0.3) is 0 Å². The fourth-order valence-electron chi connectivity index (χ4n) is 3.44. The van der Waals surface area contributed by atoms with Crippen LogP contribution >= 0.6 is 11.8 Å². The molecule has 2 aromatic carbocycles. The van der Waals surface area contributed by atoms with E-state index in [1.807, 2.05) is 30.3 Å². The molecular formula is C22H22ClN5O. The van der Waals surface area contributed by atoms with Gasteiger partial charge in [0.05, 0.1) is 24.3 Å². The maximum absolute atomic E-state index is 6.65. The lowest BCUT2D eigenvalue weighted by atomic mass is 10.0. The number of anilines is 1. The maximum Gasteiger partial charge on any atom is 0.176 e. The third kappa shape index (κ3) is 3.63. The quantitative estimate of drug-likeness (QED) is 0.506. The van der Waals surface area contributed by atoms with Crippen LogP contribution in [0.1, 0.15) is 19.4 Å². The molecule has 4 rings (SSSR count). The summed E-state index contributed by atoms with van der Waals surface area (Å²) < 4.78 is 7.02. The van der Waals surface area contributed by atoms with Crippen molar-refractivity contribution in [3.63, 3.8) is 0 Å². The van der Waals surface area contributed by atoms with Gasteiger partial charge in [-0.2, -0.15) is 0 Å². The van der Waals surface area contributed by atoms with E-state index in [0.717, 1.165) is 23.0 Å².